The molecule has 0 spiro atoms. The van der Waals surface area contributed by atoms with Crippen LogP contribution in [0.15, 0.2) is 22.6 Å². The fourth-order valence-electron chi connectivity index (χ4n) is 2.91. The van der Waals surface area contributed by atoms with E-state index in [1.807, 2.05) is 30.9 Å². The van der Waals surface area contributed by atoms with E-state index in [9.17, 15) is 4.79 Å². The van der Waals surface area contributed by atoms with Gasteiger partial charge in [0.05, 0.1) is 0 Å². The van der Waals surface area contributed by atoms with Gasteiger partial charge in [-0.15, -0.1) is 24.8 Å². The third-order valence-corrected chi connectivity index (χ3v) is 4.21. The quantitative estimate of drug-likeness (QED) is 0.893. The summed E-state index contributed by atoms with van der Waals surface area (Å²) in [5.41, 5.74) is 8.28. The number of hydrogen-bond acceptors (Lipinski definition) is 4. The van der Waals surface area contributed by atoms with Crippen LogP contribution in [0.2, 0.25) is 0 Å². The van der Waals surface area contributed by atoms with E-state index < -0.39 is 0 Å². The number of furan rings is 1. The molecule has 2 atom stereocenters. The highest BCUT2D eigenvalue weighted by atomic mass is 35.5. The number of piperidine rings is 1. The van der Waals surface area contributed by atoms with Gasteiger partial charge in [-0.3, -0.25) is 4.79 Å². The van der Waals surface area contributed by atoms with Crippen molar-refractivity contribution in [2.75, 3.05) is 13.1 Å². The summed E-state index contributed by atoms with van der Waals surface area (Å²) in [5.74, 6) is 0.678. The number of likely N-dealkylation sites (tertiary alicyclic amines) is 1. The molecular formula is C16H23Cl2N3O2. The first-order valence-corrected chi connectivity index (χ1v) is 7.46. The first kappa shape index (κ1) is 19.7. The topological polar surface area (TPSA) is 72.4 Å². The lowest BCUT2D eigenvalue weighted by Gasteiger charge is -2.34. The molecule has 2 aromatic rings. The lowest BCUT2D eigenvalue weighted by Crippen LogP contribution is -2.44. The van der Waals surface area contributed by atoms with Gasteiger partial charge in [-0.25, -0.2) is 4.98 Å². The van der Waals surface area contributed by atoms with E-state index in [0.717, 1.165) is 30.6 Å². The SMILES string of the molecule is Cc1ccc2oc(C(=O)N3CCCC(C(C)N)C3)cc2n1.Cl.Cl. The minimum atomic E-state index is -0.0593. The van der Waals surface area contributed by atoms with Gasteiger partial charge in [-0.05, 0) is 44.7 Å². The van der Waals surface area contributed by atoms with Crippen LogP contribution in [0.5, 0.6) is 0 Å². The molecule has 2 unspecified atom stereocenters. The highest BCUT2D eigenvalue weighted by molar-refractivity contribution is 5.95. The Bertz CT molecular complexity index is 672. The fraction of sp³-hybridized carbons (Fsp3) is 0.500. The van der Waals surface area contributed by atoms with Crippen molar-refractivity contribution in [1.82, 2.24) is 9.88 Å². The van der Waals surface area contributed by atoms with Crippen molar-refractivity contribution in [3.05, 3.63) is 29.7 Å². The molecule has 1 aliphatic rings. The highest BCUT2D eigenvalue weighted by Crippen LogP contribution is 2.23. The summed E-state index contributed by atoms with van der Waals surface area (Å²) >= 11 is 0. The van der Waals surface area contributed by atoms with E-state index >= 15 is 0 Å². The predicted molar refractivity (Wildman–Crippen MR) is 95.5 cm³/mol. The Morgan fingerprint density at radius 2 is 2.17 bits per heavy atom. The second-order valence-corrected chi connectivity index (χ2v) is 5.96. The van der Waals surface area contributed by atoms with Gasteiger partial charge in [0.25, 0.3) is 5.91 Å². The van der Waals surface area contributed by atoms with Crippen LogP contribution in [0.4, 0.5) is 0 Å². The molecule has 1 fully saturated rings. The maximum Gasteiger partial charge on any atom is 0.289 e. The monoisotopic (exact) mass is 359 g/mol. The van der Waals surface area contributed by atoms with Crippen molar-refractivity contribution in [2.24, 2.45) is 11.7 Å². The molecule has 2 aromatic heterocycles. The van der Waals surface area contributed by atoms with Crippen molar-refractivity contribution in [3.63, 3.8) is 0 Å². The summed E-state index contributed by atoms with van der Waals surface area (Å²) in [6.07, 6.45) is 2.08. The van der Waals surface area contributed by atoms with E-state index in [1.165, 1.54) is 0 Å². The summed E-state index contributed by atoms with van der Waals surface area (Å²) in [5, 5.41) is 0. The molecule has 128 valence electrons. The largest absolute Gasteiger partial charge is 0.449 e. The molecule has 3 rings (SSSR count). The number of carbonyl (C=O) groups excluding carboxylic acids is 1. The van der Waals surface area contributed by atoms with Crippen LogP contribution in [0.1, 0.15) is 36.0 Å². The lowest BCUT2D eigenvalue weighted by atomic mass is 9.92. The third-order valence-electron chi connectivity index (χ3n) is 4.21. The molecule has 0 bridgehead atoms. The van der Waals surface area contributed by atoms with Crippen molar-refractivity contribution in [1.29, 1.82) is 0 Å². The van der Waals surface area contributed by atoms with Crippen LogP contribution in [0.3, 0.4) is 0 Å². The Labute approximate surface area is 148 Å². The van der Waals surface area contributed by atoms with Gasteiger partial charge in [0.15, 0.2) is 11.3 Å². The van der Waals surface area contributed by atoms with Gasteiger partial charge in [0, 0.05) is 30.9 Å². The van der Waals surface area contributed by atoms with Gasteiger partial charge in [0.1, 0.15) is 5.52 Å². The van der Waals surface area contributed by atoms with Gasteiger partial charge < -0.3 is 15.1 Å². The molecule has 1 amide bonds. The fourth-order valence-corrected chi connectivity index (χ4v) is 2.91. The van der Waals surface area contributed by atoms with E-state index in [2.05, 4.69) is 4.98 Å². The number of aryl methyl sites for hydroxylation is 1. The maximum absolute atomic E-state index is 12.6. The first-order chi connectivity index (χ1) is 10.0. The van der Waals surface area contributed by atoms with Crippen LogP contribution in [0, 0.1) is 12.8 Å². The average Bonchev–Trinajstić information content (AvgIpc) is 2.89. The standard InChI is InChI=1S/C16H21N3O2.2ClH/c1-10-5-6-14-13(18-10)8-15(21-14)16(20)19-7-3-4-12(9-19)11(2)17;;/h5-6,8,11-12H,3-4,7,9,17H2,1-2H3;2*1H. The van der Waals surface area contributed by atoms with Gasteiger partial charge >= 0.3 is 0 Å². The second-order valence-electron chi connectivity index (χ2n) is 5.96. The zero-order chi connectivity index (χ0) is 15.0. The van der Waals surface area contributed by atoms with Gasteiger partial charge in [-0.1, -0.05) is 0 Å². The molecule has 2 N–H and O–H groups in total. The molecule has 0 saturated carbocycles. The number of fused-ring (bicyclic) bond motifs is 1. The van der Waals surface area contributed by atoms with Crippen molar-refractivity contribution >= 4 is 41.8 Å². The number of aromatic nitrogens is 1. The molecule has 3 heterocycles. The smallest absolute Gasteiger partial charge is 0.289 e. The minimum Gasteiger partial charge on any atom is -0.449 e. The number of nitrogens with zero attached hydrogens (tertiary/aromatic N) is 2. The summed E-state index contributed by atoms with van der Waals surface area (Å²) in [6, 6.07) is 5.59. The average molecular weight is 360 g/mol. The predicted octanol–water partition coefficient (Wildman–Crippen LogP) is 3.18. The summed E-state index contributed by atoms with van der Waals surface area (Å²) in [6.45, 7) is 5.41. The molecule has 1 saturated heterocycles. The van der Waals surface area contributed by atoms with Crippen LogP contribution in [0.25, 0.3) is 11.1 Å². The van der Waals surface area contributed by atoms with Crippen molar-refractivity contribution in [2.45, 2.75) is 32.7 Å². The van der Waals surface area contributed by atoms with Crippen LogP contribution >= 0.6 is 24.8 Å². The van der Waals surface area contributed by atoms with Crippen molar-refractivity contribution < 1.29 is 9.21 Å². The summed E-state index contributed by atoms with van der Waals surface area (Å²) in [7, 11) is 0. The van der Waals surface area contributed by atoms with E-state index in [0.29, 0.717) is 23.8 Å². The lowest BCUT2D eigenvalue weighted by molar-refractivity contribution is 0.0631. The molecule has 0 aromatic carbocycles. The number of rotatable bonds is 2. The van der Waals surface area contributed by atoms with Crippen LogP contribution < -0.4 is 5.73 Å². The number of pyridine rings is 1. The van der Waals surface area contributed by atoms with Gasteiger partial charge in [-0.2, -0.15) is 0 Å². The Hall–Kier alpha value is -1.30. The maximum atomic E-state index is 12.6. The van der Waals surface area contributed by atoms with Crippen molar-refractivity contribution in [3.8, 4) is 0 Å². The number of amides is 1. The zero-order valence-electron chi connectivity index (χ0n) is 13.3. The normalized spacial score (nSPS) is 18.9. The second kappa shape index (κ2) is 7.99. The minimum absolute atomic E-state index is 0. The van der Waals surface area contributed by atoms with E-state index in [4.69, 9.17) is 10.2 Å². The molecule has 23 heavy (non-hydrogen) atoms. The molecule has 5 nitrogen and oxygen atoms in total. The van der Waals surface area contributed by atoms with Crippen LogP contribution in [-0.2, 0) is 0 Å². The molecule has 0 radical (unpaired) electrons. The molecule has 1 aliphatic heterocycles. The van der Waals surface area contributed by atoms with E-state index in [1.54, 1.807) is 6.07 Å². The Morgan fingerprint density at radius 1 is 1.43 bits per heavy atom. The van der Waals surface area contributed by atoms with Gasteiger partial charge in [0.2, 0.25) is 0 Å². The number of halogens is 2. The summed E-state index contributed by atoms with van der Waals surface area (Å²) < 4.78 is 5.65. The van der Waals surface area contributed by atoms with E-state index in [-0.39, 0.29) is 36.8 Å². The zero-order valence-corrected chi connectivity index (χ0v) is 15.0. The Balaban J connectivity index is 0.00000132. The molecular weight excluding hydrogens is 337 g/mol. The summed E-state index contributed by atoms with van der Waals surface area (Å²) in [4.78, 5) is 18.8. The highest BCUT2D eigenvalue weighted by Gasteiger charge is 2.28. The van der Waals surface area contributed by atoms with Crippen LogP contribution in [-0.4, -0.2) is 34.9 Å². The Morgan fingerprint density at radius 3 is 2.87 bits per heavy atom. The number of hydrogen-bond donors (Lipinski definition) is 1. The molecule has 0 aliphatic carbocycles. The number of nitrogens with two attached hydrogens (primary N) is 1. The first-order valence-electron chi connectivity index (χ1n) is 7.46. The molecule has 7 heteroatoms. The Kier molecular flexibility index (Phi) is 6.86. The number of carbonyl (C=O) groups is 1. The third kappa shape index (κ3) is 4.16.